The molecule has 198 valence electrons. The van der Waals surface area contributed by atoms with E-state index >= 15 is 0 Å². The van der Waals surface area contributed by atoms with Gasteiger partial charge in [-0.25, -0.2) is 0 Å². The third kappa shape index (κ3) is 2.00. The topological polar surface area (TPSA) is 124 Å². The lowest BCUT2D eigenvalue weighted by Crippen LogP contribution is -2.65. The van der Waals surface area contributed by atoms with Crippen molar-refractivity contribution < 1.29 is 38.6 Å². The number of carbonyl (C=O) groups is 5. The van der Waals surface area contributed by atoms with Gasteiger partial charge in [-0.2, -0.15) is 0 Å². The molecular weight excluding hydrogens is 488 g/mol. The molecule has 0 aliphatic heterocycles. The maximum atomic E-state index is 14.7. The van der Waals surface area contributed by atoms with Gasteiger partial charge in [-0.1, -0.05) is 37.3 Å². The number of carbonyl (C=O) groups excluding carboxylic acids is 5. The Labute approximate surface area is 220 Å². The Morgan fingerprint density at radius 1 is 0.947 bits per heavy atom. The first-order chi connectivity index (χ1) is 17.9. The molecular formula is C30H30O8. The minimum atomic E-state index is -1.94. The fourth-order valence-corrected chi connectivity index (χ4v) is 9.75. The lowest BCUT2D eigenvalue weighted by atomic mass is 9.42. The number of hydrogen-bond donors (Lipinski definition) is 1. The predicted octanol–water partition coefficient (Wildman–Crippen LogP) is 2.38. The maximum absolute atomic E-state index is 14.7. The first-order valence-electron chi connectivity index (χ1n) is 12.9. The van der Waals surface area contributed by atoms with Crippen LogP contribution in [0.4, 0.5) is 0 Å². The van der Waals surface area contributed by atoms with E-state index in [-0.39, 0.29) is 28.2 Å². The molecule has 1 N–H and O–H groups in total. The van der Waals surface area contributed by atoms with E-state index in [1.54, 1.807) is 37.3 Å². The third-order valence-electron chi connectivity index (χ3n) is 10.7. The van der Waals surface area contributed by atoms with E-state index in [1.807, 2.05) is 6.92 Å². The maximum Gasteiger partial charge on any atom is 0.206 e. The summed E-state index contributed by atoms with van der Waals surface area (Å²) in [6, 6.07) is 0. The highest BCUT2D eigenvalue weighted by atomic mass is 16.5. The second-order valence-corrected chi connectivity index (χ2v) is 11.5. The molecule has 0 aromatic heterocycles. The average Bonchev–Trinajstić information content (AvgIpc) is 3.34. The summed E-state index contributed by atoms with van der Waals surface area (Å²) in [5.74, 6) is -6.91. The molecule has 2 bridgehead atoms. The number of allylic oxidation sites excluding steroid dienone is 8. The number of rotatable bonds is 4. The minimum Gasteiger partial charge on any atom is -0.493 e. The number of hydrogen-bond acceptors (Lipinski definition) is 8. The van der Waals surface area contributed by atoms with Crippen molar-refractivity contribution in [1.82, 2.24) is 0 Å². The lowest BCUT2D eigenvalue weighted by Gasteiger charge is -2.55. The van der Waals surface area contributed by atoms with Crippen LogP contribution in [-0.4, -0.2) is 53.8 Å². The van der Waals surface area contributed by atoms with Crippen molar-refractivity contribution in [3.8, 4) is 0 Å². The Bertz CT molecular complexity index is 1450. The summed E-state index contributed by atoms with van der Waals surface area (Å²) in [5.41, 5.74) is -7.24. The number of Topliss-reactive ketones (excluding diaryl/α,β-unsaturated/α-hetero) is 5. The van der Waals surface area contributed by atoms with Crippen molar-refractivity contribution >= 4 is 28.9 Å². The highest BCUT2D eigenvalue weighted by Gasteiger charge is 2.96. The molecule has 0 amide bonds. The summed E-state index contributed by atoms with van der Waals surface area (Å²) in [4.78, 5) is 72.2. The molecule has 6 aliphatic rings. The molecule has 0 aromatic carbocycles. The van der Waals surface area contributed by atoms with E-state index in [0.717, 1.165) is 0 Å². The number of aliphatic hydroxyl groups is 1. The predicted molar refractivity (Wildman–Crippen MR) is 133 cm³/mol. The molecule has 0 radical (unpaired) electrons. The van der Waals surface area contributed by atoms with Gasteiger partial charge in [0.05, 0.1) is 36.1 Å². The summed E-state index contributed by atoms with van der Waals surface area (Å²) in [5, 5.41) is 12.6. The molecule has 6 aliphatic carbocycles. The van der Waals surface area contributed by atoms with Crippen molar-refractivity contribution in [3.63, 3.8) is 0 Å². The van der Waals surface area contributed by atoms with Crippen molar-refractivity contribution in [1.29, 1.82) is 0 Å². The zero-order chi connectivity index (χ0) is 27.7. The van der Waals surface area contributed by atoms with Crippen molar-refractivity contribution in [2.24, 2.45) is 39.9 Å². The molecule has 38 heavy (non-hydrogen) atoms. The molecule has 3 spiro atoms. The molecule has 3 saturated carbocycles. The number of methoxy groups -OCH3 is 2. The molecule has 0 heterocycles. The lowest BCUT2D eigenvalue weighted by molar-refractivity contribution is -0.162. The van der Waals surface area contributed by atoms with Crippen LogP contribution in [0.25, 0.3) is 0 Å². The molecule has 3 fully saturated rings. The summed E-state index contributed by atoms with van der Waals surface area (Å²) in [6.07, 6.45) is 7.89. The van der Waals surface area contributed by atoms with Crippen LogP contribution >= 0.6 is 0 Å². The van der Waals surface area contributed by atoms with Crippen LogP contribution in [0.3, 0.4) is 0 Å². The van der Waals surface area contributed by atoms with Crippen LogP contribution in [0, 0.1) is 39.9 Å². The first kappa shape index (κ1) is 24.9. The van der Waals surface area contributed by atoms with E-state index in [0.29, 0.717) is 0 Å². The second-order valence-electron chi connectivity index (χ2n) is 11.5. The molecule has 0 saturated heterocycles. The van der Waals surface area contributed by atoms with Gasteiger partial charge < -0.3 is 14.6 Å². The van der Waals surface area contributed by atoms with Gasteiger partial charge in [0.25, 0.3) is 0 Å². The largest absolute Gasteiger partial charge is 0.493 e. The standard InChI is InChI=1S/C30H30O8/c1-7-8-9-10-28(36)16-11-17-18(31)12-27-19(20(32)13(2)21(37-5)25(27)34)23(28)29(15(16)4)26(35)22(38-6)14(3)24(33)30(17,27)29/h7-11,15-16,19,23,36H,12H2,1-6H3/b8-7+,10-9+/t15-,16?,19-,23+,27+,28+,29-,30-/m0/s1. The molecule has 8 heteroatoms. The Hall–Kier alpha value is -3.39. The van der Waals surface area contributed by atoms with Crippen molar-refractivity contribution in [3.05, 3.63) is 58.6 Å². The smallest absolute Gasteiger partial charge is 0.206 e. The van der Waals surface area contributed by atoms with Crippen LogP contribution in [0.15, 0.2) is 58.6 Å². The summed E-state index contributed by atoms with van der Waals surface area (Å²) < 4.78 is 10.9. The van der Waals surface area contributed by atoms with Crippen molar-refractivity contribution in [2.75, 3.05) is 14.2 Å². The number of ether oxygens (including phenoxy) is 2. The molecule has 8 nitrogen and oxygen atoms in total. The Balaban J connectivity index is 1.86. The normalized spacial score (nSPS) is 45.0. The highest BCUT2D eigenvalue weighted by Crippen LogP contribution is 2.88. The molecule has 6 rings (SSSR count). The fourth-order valence-electron chi connectivity index (χ4n) is 9.75. The first-order valence-corrected chi connectivity index (χ1v) is 12.9. The van der Waals surface area contributed by atoms with E-state index in [1.165, 1.54) is 28.1 Å². The van der Waals surface area contributed by atoms with Gasteiger partial charge in [-0.15, -0.1) is 0 Å². The third-order valence-corrected chi connectivity index (χ3v) is 10.7. The quantitative estimate of drug-likeness (QED) is 0.563. The zero-order valence-corrected chi connectivity index (χ0v) is 22.2. The van der Waals surface area contributed by atoms with Gasteiger partial charge in [-0.05, 0) is 26.7 Å². The van der Waals surface area contributed by atoms with Crippen LogP contribution in [-0.2, 0) is 33.4 Å². The number of ketones is 5. The Morgan fingerprint density at radius 3 is 2.18 bits per heavy atom. The summed E-state index contributed by atoms with van der Waals surface area (Å²) in [7, 11) is 2.57. The van der Waals surface area contributed by atoms with Crippen LogP contribution < -0.4 is 0 Å². The SMILES string of the molecule is C/C=C/C=C/[C@@]1(O)C2C=C3C(=O)C[C@]45C(=O)C(OC)=C(C)C(=O)[C@H]4[C@H]1[C@]1(C(=O)C(OC)=C(C)C(=O)[C@]315)[C@H]2C. The fraction of sp³-hybridized carbons (Fsp3) is 0.500. The highest BCUT2D eigenvalue weighted by molar-refractivity contribution is 6.31. The monoisotopic (exact) mass is 518 g/mol. The van der Waals surface area contributed by atoms with Crippen LogP contribution in [0.5, 0.6) is 0 Å². The van der Waals surface area contributed by atoms with E-state index in [2.05, 4.69) is 0 Å². The summed E-state index contributed by atoms with van der Waals surface area (Å²) in [6.45, 7) is 6.52. The molecule has 0 aromatic rings. The minimum absolute atomic E-state index is 0.0125. The van der Waals surface area contributed by atoms with Crippen LogP contribution in [0.1, 0.15) is 34.1 Å². The number of fused-ring (bicyclic) bond motifs is 2. The van der Waals surface area contributed by atoms with Gasteiger partial charge in [0, 0.05) is 40.9 Å². The van der Waals surface area contributed by atoms with Crippen LogP contribution in [0.2, 0.25) is 0 Å². The Morgan fingerprint density at radius 2 is 1.58 bits per heavy atom. The zero-order valence-electron chi connectivity index (χ0n) is 22.2. The van der Waals surface area contributed by atoms with E-state index < -0.39 is 80.9 Å². The van der Waals surface area contributed by atoms with Gasteiger partial charge in [-0.3, -0.25) is 24.0 Å². The summed E-state index contributed by atoms with van der Waals surface area (Å²) >= 11 is 0. The average molecular weight is 519 g/mol. The second kappa shape index (κ2) is 7.17. The molecule has 1 unspecified atom stereocenters. The Kier molecular flexibility index (Phi) is 4.70. The van der Waals surface area contributed by atoms with Gasteiger partial charge in [0.15, 0.2) is 28.9 Å². The van der Waals surface area contributed by atoms with Crippen molar-refractivity contribution in [2.45, 2.75) is 39.7 Å². The molecule has 8 atom stereocenters. The van der Waals surface area contributed by atoms with Gasteiger partial charge in [0.2, 0.25) is 11.6 Å². The van der Waals surface area contributed by atoms with Gasteiger partial charge in [0.1, 0.15) is 0 Å². The van der Waals surface area contributed by atoms with E-state index in [4.69, 9.17) is 9.47 Å². The van der Waals surface area contributed by atoms with Gasteiger partial charge >= 0.3 is 0 Å². The van der Waals surface area contributed by atoms with E-state index in [9.17, 15) is 29.1 Å².